The van der Waals surface area contributed by atoms with Crippen LogP contribution in [0, 0.1) is 5.82 Å². The van der Waals surface area contributed by atoms with Crippen molar-refractivity contribution in [2.45, 2.75) is 6.54 Å². The molecule has 0 radical (unpaired) electrons. The summed E-state index contributed by atoms with van der Waals surface area (Å²) in [5, 5.41) is 9.44. The number of benzene rings is 1. The number of halogens is 1. The average molecular weight is 494 g/mol. The minimum atomic E-state index is -0.383. The van der Waals surface area contributed by atoms with E-state index < -0.39 is 0 Å². The van der Waals surface area contributed by atoms with Crippen LogP contribution in [0.15, 0.2) is 67.3 Å². The average Bonchev–Trinajstić information content (AvgIpc) is 3.51. The van der Waals surface area contributed by atoms with E-state index in [1.807, 2.05) is 44.7 Å². The molecule has 0 saturated heterocycles. The summed E-state index contributed by atoms with van der Waals surface area (Å²) in [5.41, 5.74) is 7.43. The van der Waals surface area contributed by atoms with Crippen LogP contribution < -0.4 is 4.74 Å². The molecular weight excluding hydrogens is 469 g/mol. The third-order valence-corrected chi connectivity index (χ3v) is 6.22. The lowest BCUT2D eigenvalue weighted by atomic mass is 10.1. The Balaban J connectivity index is 1.45. The van der Waals surface area contributed by atoms with E-state index in [0.717, 1.165) is 56.6 Å². The number of fused-ring (bicyclic) bond motifs is 2. The van der Waals surface area contributed by atoms with E-state index in [-0.39, 0.29) is 5.82 Å². The number of aromatic amines is 2. The summed E-state index contributed by atoms with van der Waals surface area (Å²) in [5.74, 6) is 0.0541. The topological polar surface area (TPSA) is 95.6 Å². The highest BCUT2D eigenvalue weighted by Gasteiger charge is 2.16. The fourth-order valence-corrected chi connectivity index (χ4v) is 4.59. The minimum Gasteiger partial charge on any atom is -0.497 e. The Bertz CT molecular complexity index is 1760. The van der Waals surface area contributed by atoms with Crippen molar-refractivity contribution in [2.24, 2.45) is 0 Å². The van der Waals surface area contributed by atoms with Crippen LogP contribution in [-0.2, 0) is 6.54 Å². The molecule has 1 aromatic carbocycles. The maximum absolute atomic E-state index is 14.2. The van der Waals surface area contributed by atoms with Gasteiger partial charge < -0.3 is 14.6 Å². The largest absolute Gasteiger partial charge is 0.497 e. The molecule has 0 aliphatic heterocycles. The van der Waals surface area contributed by atoms with Gasteiger partial charge >= 0.3 is 0 Å². The summed E-state index contributed by atoms with van der Waals surface area (Å²) in [7, 11) is 5.57. The molecule has 5 heterocycles. The highest BCUT2D eigenvalue weighted by atomic mass is 19.1. The van der Waals surface area contributed by atoms with Crippen LogP contribution in [0.1, 0.15) is 5.56 Å². The van der Waals surface area contributed by atoms with Gasteiger partial charge in [0, 0.05) is 58.6 Å². The molecule has 2 N–H and O–H groups in total. The third kappa shape index (κ3) is 4.30. The Morgan fingerprint density at radius 2 is 1.76 bits per heavy atom. The quantitative estimate of drug-likeness (QED) is 0.321. The molecule has 0 bridgehead atoms. The second-order valence-electron chi connectivity index (χ2n) is 9.19. The van der Waals surface area contributed by atoms with Crippen LogP contribution >= 0.6 is 0 Å². The molecule has 0 unspecified atom stereocenters. The molecule has 9 heteroatoms. The highest BCUT2D eigenvalue weighted by Crippen LogP contribution is 2.35. The lowest BCUT2D eigenvalue weighted by Crippen LogP contribution is -2.10. The monoisotopic (exact) mass is 493 g/mol. The summed E-state index contributed by atoms with van der Waals surface area (Å²) in [6, 6.07) is 12.6. The van der Waals surface area contributed by atoms with E-state index >= 15 is 0 Å². The molecule has 0 aliphatic carbocycles. The summed E-state index contributed by atoms with van der Waals surface area (Å²) in [4.78, 5) is 19.1. The van der Waals surface area contributed by atoms with E-state index in [4.69, 9.17) is 4.74 Å². The highest BCUT2D eigenvalue weighted by molar-refractivity contribution is 6.00. The van der Waals surface area contributed by atoms with Crippen molar-refractivity contribution < 1.29 is 9.13 Å². The molecule has 184 valence electrons. The predicted octanol–water partition coefficient (Wildman–Crippen LogP) is 5.44. The second kappa shape index (κ2) is 9.11. The van der Waals surface area contributed by atoms with Gasteiger partial charge in [-0.05, 0) is 56.1 Å². The van der Waals surface area contributed by atoms with Crippen molar-refractivity contribution in [3.05, 3.63) is 78.6 Å². The first kappa shape index (κ1) is 22.8. The van der Waals surface area contributed by atoms with Crippen molar-refractivity contribution in [3.63, 3.8) is 0 Å². The van der Waals surface area contributed by atoms with Gasteiger partial charge in [-0.1, -0.05) is 0 Å². The Morgan fingerprint density at radius 3 is 2.59 bits per heavy atom. The first-order valence-electron chi connectivity index (χ1n) is 11.7. The molecule has 8 nitrogen and oxygen atoms in total. The normalized spacial score (nSPS) is 11.6. The van der Waals surface area contributed by atoms with Crippen LogP contribution in [-0.4, -0.2) is 56.2 Å². The number of H-pyrrole nitrogens is 2. The summed E-state index contributed by atoms with van der Waals surface area (Å²) in [6.45, 7) is 0.794. The SMILES string of the molecule is COc1cc(F)cc(-c2nccc3[nH]c(-c4n[nH]c5cnc(-c6cncc(CN(C)C)c6)cc45)cc23)c1. The molecule has 0 saturated carbocycles. The summed E-state index contributed by atoms with van der Waals surface area (Å²) in [6.07, 6.45) is 7.18. The molecule has 0 spiro atoms. The van der Waals surface area contributed by atoms with E-state index in [9.17, 15) is 4.39 Å². The van der Waals surface area contributed by atoms with E-state index in [1.165, 1.54) is 19.2 Å². The molecule has 0 atom stereocenters. The Morgan fingerprint density at radius 1 is 0.892 bits per heavy atom. The lowest BCUT2D eigenvalue weighted by molar-refractivity contribution is 0.402. The number of rotatable bonds is 6. The van der Waals surface area contributed by atoms with Crippen molar-refractivity contribution in [2.75, 3.05) is 21.2 Å². The first-order chi connectivity index (χ1) is 18.0. The fraction of sp³-hybridized carbons (Fsp3) is 0.143. The van der Waals surface area contributed by atoms with Crippen molar-refractivity contribution in [3.8, 4) is 39.7 Å². The molecule has 0 amide bonds. The van der Waals surface area contributed by atoms with Gasteiger partial charge in [-0.2, -0.15) is 5.10 Å². The smallest absolute Gasteiger partial charge is 0.127 e. The summed E-state index contributed by atoms with van der Waals surface area (Å²) < 4.78 is 19.5. The Labute approximate surface area is 212 Å². The van der Waals surface area contributed by atoms with Crippen LogP contribution in [0.2, 0.25) is 0 Å². The number of aromatic nitrogens is 6. The number of hydrogen-bond donors (Lipinski definition) is 2. The van der Waals surface area contributed by atoms with Crippen LogP contribution in [0.25, 0.3) is 55.7 Å². The van der Waals surface area contributed by atoms with Gasteiger partial charge in [0.05, 0.1) is 35.9 Å². The molecule has 6 aromatic rings. The van der Waals surface area contributed by atoms with Gasteiger partial charge in [-0.3, -0.25) is 20.1 Å². The van der Waals surface area contributed by atoms with Gasteiger partial charge in [-0.15, -0.1) is 0 Å². The molecule has 5 aromatic heterocycles. The van der Waals surface area contributed by atoms with Gasteiger partial charge in [0.1, 0.15) is 17.3 Å². The van der Waals surface area contributed by atoms with Crippen molar-refractivity contribution in [1.29, 1.82) is 0 Å². The first-order valence-corrected chi connectivity index (χ1v) is 11.7. The molecular formula is C28H24FN7O. The minimum absolute atomic E-state index is 0.383. The maximum atomic E-state index is 14.2. The second-order valence-corrected chi connectivity index (χ2v) is 9.19. The van der Waals surface area contributed by atoms with Gasteiger partial charge in [0.15, 0.2) is 0 Å². The van der Waals surface area contributed by atoms with E-state index in [2.05, 4.69) is 41.1 Å². The number of methoxy groups -OCH3 is 1. The molecule has 6 rings (SSSR count). The third-order valence-electron chi connectivity index (χ3n) is 6.22. The standard InChI is InChI=1S/C28H24FN7O/c1-36(2)15-16-6-18(13-30-12-16)24-10-22-26(14-32-24)34-35-28(22)25-11-21-23(33-25)4-5-31-27(21)17-7-19(29)9-20(8-17)37-3/h4-14,33H,15H2,1-3H3,(H,34,35). The predicted molar refractivity (Wildman–Crippen MR) is 142 cm³/mol. The lowest BCUT2D eigenvalue weighted by Gasteiger charge is -2.10. The number of nitrogens with zero attached hydrogens (tertiary/aromatic N) is 5. The fourth-order valence-electron chi connectivity index (χ4n) is 4.59. The number of pyridine rings is 3. The Hall–Kier alpha value is -4.63. The van der Waals surface area contributed by atoms with Gasteiger partial charge in [-0.25, -0.2) is 4.39 Å². The number of ether oxygens (including phenoxy) is 1. The van der Waals surface area contributed by atoms with Gasteiger partial charge in [0.2, 0.25) is 0 Å². The van der Waals surface area contributed by atoms with Crippen LogP contribution in [0.4, 0.5) is 4.39 Å². The van der Waals surface area contributed by atoms with Crippen molar-refractivity contribution in [1.82, 2.24) is 35.0 Å². The molecule has 37 heavy (non-hydrogen) atoms. The van der Waals surface area contributed by atoms with E-state index in [0.29, 0.717) is 17.0 Å². The van der Waals surface area contributed by atoms with Crippen LogP contribution in [0.3, 0.4) is 0 Å². The zero-order chi connectivity index (χ0) is 25.5. The van der Waals surface area contributed by atoms with Gasteiger partial charge in [0.25, 0.3) is 0 Å². The van der Waals surface area contributed by atoms with Crippen LogP contribution in [0.5, 0.6) is 5.75 Å². The van der Waals surface area contributed by atoms with Crippen molar-refractivity contribution >= 4 is 21.8 Å². The zero-order valence-corrected chi connectivity index (χ0v) is 20.6. The molecule has 0 fully saturated rings. The number of nitrogens with one attached hydrogen (secondary N) is 2. The number of hydrogen-bond acceptors (Lipinski definition) is 6. The zero-order valence-electron chi connectivity index (χ0n) is 20.6. The van der Waals surface area contributed by atoms with E-state index in [1.54, 1.807) is 18.5 Å². The maximum Gasteiger partial charge on any atom is 0.127 e. The Kier molecular flexibility index (Phi) is 5.61. The molecule has 0 aliphatic rings. The summed E-state index contributed by atoms with van der Waals surface area (Å²) >= 11 is 0.